The first-order valence-corrected chi connectivity index (χ1v) is 8.64. The maximum absolute atomic E-state index is 10.7. The molecule has 0 fully saturated rings. The van der Waals surface area contributed by atoms with Crippen LogP contribution in [0.4, 0.5) is 0 Å². The van der Waals surface area contributed by atoms with Crippen LogP contribution in [-0.4, -0.2) is 21.8 Å². The monoisotopic (exact) mass is 351 g/mol. The molecule has 139 valence electrons. The largest absolute Gasteiger partial charge is 0.523 e. The maximum Gasteiger partial charge on any atom is 0.523 e. The summed E-state index contributed by atoms with van der Waals surface area (Å²) in [6.45, 7) is 2.10. The van der Waals surface area contributed by atoms with Gasteiger partial charge in [0.15, 0.2) is 0 Å². The first-order valence-electron chi connectivity index (χ1n) is 8.64. The summed E-state index contributed by atoms with van der Waals surface area (Å²) in [5, 5.41) is 21.5. The zero-order valence-electron chi connectivity index (χ0n) is 14.8. The number of nitro groups is 2. The van der Waals surface area contributed by atoms with Crippen LogP contribution in [0.25, 0.3) is 0 Å². The summed E-state index contributed by atoms with van der Waals surface area (Å²) in [4.78, 5) is 29.8. The summed E-state index contributed by atoms with van der Waals surface area (Å²) in [5.74, 6) is 0. The Morgan fingerprint density at radius 3 is 1.88 bits per heavy atom. The fourth-order valence-corrected chi connectivity index (χ4v) is 2.19. The van der Waals surface area contributed by atoms with E-state index >= 15 is 0 Å². The van der Waals surface area contributed by atoms with Crippen LogP contribution in [0.15, 0.2) is 36.5 Å². The third kappa shape index (κ3) is 9.54. The van der Waals surface area contributed by atoms with Crippen molar-refractivity contribution >= 4 is 6.29 Å². The van der Waals surface area contributed by atoms with Crippen LogP contribution in [0.5, 0.6) is 0 Å². The minimum absolute atomic E-state index is 0.259. The second kappa shape index (κ2) is 14.1. The van der Waals surface area contributed by atoms with Gasteiger partial charge in [0.2, 0.25) is 0 Å². The molecule has 7 heteroatoms. The van der Waals surface area contributed by atoms with Gasteiger partial charge in [-0.25, -0.2) is 0 Å². The third-order valence-electron chi connectivity index (χ3n) is 3.69. The Labute approximate surface area is 148 Å². The second-order valence-corrected chi connectivity index (χ2v) is 5.68. The van der Waals surface area contributed by atoms with Gasteiger partial charge >= 0.3 is 11.9 Å². The van der Waals surface area contributed by atoms with E-state index in [-0.39, 0.29) is 6.42 Å². The molecule has 0 aromatic heterocycles. The number of allylic oxidation sites excluding steroid dienone is 6. The number of hydrogen-bond acceptors (Lipinski definition) is 5. The topological polar surface area (TPSA) is 103 Å². The minimum atomic E-state index is -2.81. The fraction of sp³-hybridized carbons (Fsp3) is 0.611. The lowest BCUT2D eigenvalue weighted by Crippen LogP contribution is -2.47. The molecule has 0 heterocycles. The molecule has 25 heavy (non-hydrogen) atoms. The van der Waals surface area contributed by atoms with Crippen LogP contribution in [-0.2, 0) is 4.79 Å². The first-order chi connectivity index (χ1) is 12.0. The highest BCUT2D eigenvalue weighted by Gasteiger charge is 2.57. The average molecular weight is 351 g/mol. The zero-order chi connectivity index (χ0) is 19.0. The predicted octanol–water partition coefficient (Wildman–Crippen LogP) is 4.55. The van der Waals surface area contributed by atoms with Crippen LogP contribution in [0.2, 0.25) is 0 Å². The average Bonchev–Trinajstić information content (AvgIpc) is 2.58. The van der Waals surface area contributed by atoms with Crippen molar-refractivity contribution in [3.8, 4) is 0 Å². The highest BCUT2D eigenvalue weighted by Crippen LogP contribution is 2.18. The second-order valence-electron chi connectivity index (χ2n) is 5.68. The molecule has 0 aromatic carbocycles. The lowest BCUT2D eigenvalue weighted by atomic mass is 10.0. The van der Waals surface area contributed by atoms with Crippen LogP contribution in [0, 0.1) is 20.2 Å². The van der Waals surface area contributed by atoms with E-state index in [4.69, 9.17) is 0 Å². The number of nitrogens with zero attached hydrogens (tertiary/aromatic N) is 2. The molecule has 0 amide bonds. The maximum atomic E-state index is 10.7. The highest BCUT2D eigenvalue weighted by atomic mass is 16.7. The van der Waals surface area contributed by atoms with Crippen molar-refractivity contribution < 1.29 is 14.6 Å². The molecule has 1 radical (unpaired) electrons. The Morgan fingerprint density at radius 1 is 0.840 bits per heavy atom. The van der Waals surface area contributed by atoms with Gasteiger partial charge < -0.3 is 0 Å². The van der Waals surface area contributed by atoms with E-state index in [1.54, 1.807) is 0 Å². The number of rotatable bonds is 15. The summed E-state index contributed by atoms with van der Waals surface area (Å²) in [6, 6.07) is 0. The standard InChI is InChI=1S/C18H27N2O5/c1-2-3-4-5-6-7-8-9-10-11-12-13-14-15-16-18(17-21,19(22)23)20(24)25/h3-4,6-7,9-10H,2,5,8,11-16H2,1H3. The number of unbranched alkanes of at least 4 members (excludes halogenated alkanes) is 4. The number of hydrogen-bond donors (Lipinski definition) is 0. The SMILES string of the molecule is CCC=CCC=CCC=CCCCCCCC([C]=O)([N+](=O)[O-])[N+](=O)[O-]. The highest BCUT2D eigenvalue weighted by molar-refractivity contribution is 5.59. The van der Waals surface area contributed by atoms with Gasteiger partial charge in [0, 0.05) is 0 Å². The molecule has 0 saturated heterocycles. The molecule has 0 atom stereocenters. The Balaban J connectivity index is 3.81. The van der Waals surface area contributed by atoms with Gasteiger partial charge in [-0.1, -0.05) is 56.2 Å². The Kier molecular flexibility index (Phi) is 12.8. The fourth-order valence-electron chi connectivity index (χ4n) is 2.19. The minimum Gasteiger partial charge on any atom is -0.273 e. The zero-order valence-corrected chi connectivity index (χ0v) is 14.8. The lowest BCUT2D eigenvalue weighted by molar-refractivity contribution is -0.772. The Morgan fingerprint density at radius 2 is 1.36 bits per heavy atom. The van der Waals surface area contributed by atoms with E-state index in [0.717, 1.165) is 44.8 Å². The first kappa shape index (κ1) is 22.7. The Bertz CT molecular complexity index is 484. The molecule has 0 bridgehead atoms. The molecule has 0 spiro atoms. The quantitative estimate of drug-likeness (QED) is 0.142. The smallest absolute Gasteiger partial charge is 0.273 e. The molecular weight excluding hydrogens is 324 g/mol. The van der Waals surface area contributed by atoms with Crippen LogP contribution in [0.3, 0.4) is 0 Å². The lowest BCUT2D eigenvalue weighted by Gasteiger charge is -2.09. The number of carbonyl (C=O) groups excluding carboxylic acids is 1. The molecule has 0 saturated carbocycles. The van der Waals surface area contributed by atoms with E-state index in [9.17, 15) is 25.0 Å². The van der Waals surface area contributed by atoms with E-state index in [1.165, 1.54) is 0 Å². The molecular formula is C18H27N2O5. The molecule has 0 unspecified atom stereocenters. The molecule has 0 aliphatic rings. The molecule has 0 aliphatic heterocycles. The van der Waals surface area contributed by atoms with Crippen molar-refractivity contribution in [2.45, 2.75) is 70.4 Å². The van der Waals surface area contributed by atoms with Crippen LogP contribution >= 0.6 is 0 Å². The van der Waals surface area contributed by atoms with Crippen molar-refractivity contribution in [1.29, 1.82) is 0 Å². The van der Waals surface area contributed by atoms with E-state index in [1.807, 2.05) is 0 Å². The van der Waals surface area contributed by atoms with Crippen molar-refractivity contribution in [2.24, 2.45) is 0 Å². The van der Waals surface area contributed by atoms with E-state index in [0.29, 0.717) is 6.42 Å². The normalized spacial score (nSPS) is 12.4. The molecule has 0 aliphatic carbocycles. The van der Waals surface area contributed by atoms with Gasteiger partial charge in [0.05, 0.1) is 6.42 Å². The van der Waals surface area contributed by atoms with Gasteiger partial charge in [0.25, 0.3) is 0 Å². The molecule has 0 rings (SSSR count). The Hall–Kier alpha value is -2.31. The summed E-state index contributed by atoms with van der Waals surface area (Å²) >= 11 is 0. The molecule has 0 N–H and O–H groups in total. The van der Waals surface area contributed by atoms with Crippen LogP contribution in [0.1, 0.15) is 64.7 Å². The van der Waals surface area contributed by atoms with Crippen molar-refractivity contribution in [3.63, 3.8) is 0 Å². The van der Waals surface area contributed by atoms with Gasteiger partial charge in [-0.05, 0) is 38.5 Å². The summed E-state index contributed by atoms with van der Waals surface area (Å²) in [6.07, 6.45) is 19.7. The third-order valence-corrected chi connectivity index (χ3v) is 3.69. The van der Waals surface area contributed by atoms with E-state index in [2.05, 4.69) is 43.4 Å². The van der Waals surface area contributed by atoms with Gasteiger partial charge in [0.1, 0.15) is 9.85 Å². The van der Waals surface area contributed by atoms with Gasteiger partial charge in [-0.3, -0.25) is 25.0 Å². The summed E-state index contributed by atoms with van der Waals surface area (Å²) in [5.41, 5.74) is -2.81. The van der Waals surface area contributed by atoms with Crippen molar-refractivity contribution in [3.05, 3.63) is 56.7 Å². The molecule has 7 nitrogen and oxygen atoms in total. The summed E-state index contributed by atoms with van der Waals surface area (Å²) < 4.78 is 0. The van der Waals surface area contributed by atoms with Gasteiger partial charge in [-0.15, -0.1) is 0 Å². The molecule has 0 aromatic rings. The van der Waals surface area contributed by atoms with Crippen LogP contribution < -0.4 is 0 Å². The predicted molar refractivity (Wildman–Crippen MR) is 97.1 cm³/mol. The van der Waals surface area contributed by atoms with E-state index < -0.39 is 21.9 Å². The van der Waals surface area contributed by atoms with Crippen molar-refractivity contribution in [2.75, 3.05) is 0 Å². The van der Waals surface area contributed by atoms with Gasteiger partial charge in [-0.2, -0.15) is 0 Å². The van der Waals surface area contributed by atoms with Crippen molar-refractivity contribution in [1.82, 2.24) is 0 Å². The summed E-state index contributed by atoms with van der Waals surface area (Å²) in [7, 11) is 0.